The molecule has 2 aliphatic carbocycles. The second-order valence-electron chi connectivity index (χ2n) is 8.27. The second-order valence-corrected chi connectivity index (χ2v) is 8.71. The molecule has 2 aliphatic rings. The first-order chi connectivity index (χ1) is 15.2. The molecule has 32 heavy (non-hydrogen) atoms. The van der Waals surface area contributed by atoms with Crippen LogP contribution >= 0.6 is 11.6 Å². The molecule has 2 fully saturated rings. The van der Waals surface area contributed by atoms with Gasteiger partial charge in [0.25, 0.3) is 5.91 Å². The highest BCUT2D eigenvalue weighted by atomic mass is 35.5. The largest absolute Gasteiger partial charge is 0.476 e. The SMILES string of the molecule is O=C(N[C@@H]1CCCC[C@H]1O)c1nc(-c2cccc(Cl)c2)c(OCC2CC2)nc1C(F)(F)F. The van der Waals surface area contributed by atoms with Gasteiger partial charge in [0, 0.05) is 10.6 Å². The molecule has 2 N–H and O–H groups in total. The van der Waals surface area contributed by atoms with E-state index in [-0.39, 0.29) is 24.1 Å². The van der Waals surface area contributed by atoms with Crippen LogP contribution < -0.4 is 10.1 Å². The van der Waals surface area contributed by atoms with Crippen molar-refractivity contribution in [2.24, 2.45) is 5.92 Å². The fourth-order valence-electron chi connectivity index (χ4n) is 3.70. The number of aliphatic hydroxyl groups excluding tert-OH is 1. The van der Waals surface area contributed by atoms with Crippen molar-refractivity contribution < 1.29 is 27.8 Å². The fraction of sp³-hybridized carbons (Fsp3) is 0.500. The van der Waals surface area contributed by atoms with Gasteiger partial charge in [-0.1, -0.05) is 36.6 Å². The lowest BCUT2D eigenvalue weighted by Crippen LogP contribution is -2.45. The van der Waals surface area contributed by atoms with Crippen molar-refractivity contribution in [2.75, 3.05) is 6.61 Å². The number of carbonyl (C=O) groups excluding carboxylic acids is 1. The van der Waals surface area contributed by atoms with Crippen LogP contribution in [0.15, 0.2) is 24.3 Å². The van der Waals surface area contributed by atoms with Crippen LogP contribution in [0.1, 0.15) is 54.7 Å². The zero-order valence-electron chi connectivity index (χ0n) is 17.2. The Balaban J connectivity index is 1.76. The van der Waals surface area contributed by atoms with E-state index in [9.17, 15) is 23.1 Å². The molecular formula is C22H23ClF3N3O3. The lowest BCUT2D eigenvalue weighted by molar-refractivity contribution is -0.142. The van der Waals surface area contributed by atoms with E-state index in [0.29, 0.717) is 23.4 Å². The summed E-state index contributed by atoms with van der Waals surface area (Å²) in [5, 5.41) is 13.0. The molecule has 1 aromatic heterocycles. The third-order valence-corrected chi connectivity index (χ3v) is 5.88. The van der Waals surface area contributed by atoms with Gasteiger partial charge in [0.15, 0.2) is 11.4 Å². The van der Waals surface area contributed by atoms with E-state index in [1.807, 2.05) is 0 Å². The van der Waals surface area contributed by atoms with Crippen LogP contribution in [0, 0.1) is 5.92 Å². The summed E-state index contributed by atoms with van der Waals surface area (Å²) >= 11 is 6.06. The molecule has 2 aromatic rings. The number of hydrogen-bond acceptors (Lipinski definition) is 5. The van der Waals surface area contributed by atoms with Gasteiger partial charge in [-0.25, -0.2) is 9.97 Å². The van der Waals surface area contributed by atoms with Crippen molar-refractivity contribution in [3.05, 3.63) is 40.7 Å². The predicted molar refractivity (Wildman–Crippen MR) is 111 cm³/mol. The Hall–Kier alpha value is -2.39. The molecule has 172 valence electrons. The van der Waals surface area contributed by atoms with Gasteiger partial charge in [-0.15, -0.1) is 0 Å². The van der Waals surface area contributed by atoms with E-state index in [2.05, 4.69) is 15.3 Å². The predicted octanol–water partition coefficient (Wildman–Crippen LogP) is 4.64. The van der Waals surface area contributed by atoms with E-state index in [1.165, 1.54) is 6.07 Å². The molecule has 2 saturated carbocycles. The number of benzene rings is 1. The van der Waals surface area contributed by atoms with E-state index in [4.69, 9.17) is 16.3 Å². The number of ether oxygens (including phenoxy) is 1. The molecule has 10 heteroatoms. The lowest BCUT2D eigenvalue weighted by Gasteiger charge is -2.28. The first-order valence-corrected chi connectivity index (χ1v) is 11.0. The zero-order chi connectivity index (χ0) is 22.9. The summed E-state index contributed by atoms with van der Waals surface area (Å²) in [6.45, 7) is 0.222. The summed E-state index contributed by atoms with van der Waals surface area (Å²) in [7, 11) is 0. The van der Waals surface area contributed by atoms with Crippen molar-refractivity contribution in [3.63, 3.8) is 0 Å². The Kier molecular flexibility index (Phi) is 6.57. The monoisotopic (exact) mass is 469 g/mol. The number of nitrogens with one attached hydrogen (secondary N) is 1. The molecule has 2 atom stereocenters. The molecule has 6 nitrogen and oxygen atoms in total. The molecular weight excluding hydrogens is 447 g/mol. The van der Waals surface area contributed by atoms with Crippen LogP contribution in [-0.4, -0.2) is 39.7 Å². The first kappa shape index (κ1) is 22.8. The number of aliphatic hydroxyl groups is 1. The summed E-state index contributed by atoms with van der Waals surface area (Å²) in [6, 6.07) is 5.74. The number of halogens is 4. The van der Waals surface area contributed by atoms with Crippen molar-refractivity contribution in [2.45, 2.75) is 56.8 Å². The lowest BCUT2D eigenvalue weighted by atomic mass is 9.92. The number of amides is 1. The number of aromatic nitrogens is 2. The van der Waals surface area contributed by atoms with Crippen molar-refractivity contribution >= 4 is 17.5 Å². The molecule has 0 radical (unpaired) electrons. The zero-order valence-corrected chi connectivity index (χ0v) is 17.9. The topological polar surface area (TPSA) is 84.3 Å². The average Bonchev–Trinajstić information content (AvgIpc) is 3.57. The molecule has 4 rings (SSSR count). The maximum atomic E-state index is 13.8. The second kappa shape index (κ2) is 9.23. The first-order valence-electron chi connectivity index (χ1n) is 10.6. The molecule has 0 unspecified atom stereocenters. The van der Waals surface area contributed by atoms with Crippen LogP contribution in [0.2, 0.25) is 5.02 Å². The van der Waals surface area contributed by atoms with E-state index in [1.54, 1.807) is 18.2 Å². The Bertz CT molecular complexity index is 998. The summed E-state index contributed by atoms with van der Waals surface area (Å²) < 4.78 is 47.1. The molecule has 0 saturated heterocycles. The normalized spacial score (nSPS) is 21.3. The number of nitrogens with zero attached hydrogens (tertiary/aromatic N) is 2. The highest BCUT2D eigenvalue weighted by Gasteiger charge is 2.41. The minimum absolute atomic E-state index is 0.00972. The Labute approximate surface area is 188 Å². The number of alkyl halides is 3. The summed E-state index contributed by atoms with van der Waals surface area (Å²) in [5.74, 6) is -1.05. The van der Waals surface area contributed by atoms with Gasteiger partial charge in [-0.3, -0.25) is 4.79 Å². The van der Waals surface area contributed by atoms with Crippen LogP contribution in [-0.2, 0) is 6.18 Å². The van der Waals surface area contributed by atoms with Gasteiger partial charge in [0.2, 0.25) is 5.88 Å². The minimum Gasteiger partial charge on any atom is -0.476 e. The van der Waals surface area contributed by atoms with Crippen molar-refractivity contribution in [3.8, 4) is 17.1 Å². The van der Waals surface area contributed by atoms with E-state index < -0.39 is 35.6 Å². The Morgan fingerprint density at radius 2 is 1.94 bits per heavy atom. The number of rotatable bonds is 6. The van der Waals surface area contributed by atoms with Crippen LogP contribution in [0.5, 0.6) is 5.88 Å². The quantitative estimate of drug-likeness (QED) is 0.644. The average molecular weight is 470 g/mol. The van der Waals surface area contributed by atoms with Crippen LogP contribution in [0.4, 0.5) is 13.2 Å². The Morgan fingerprint density at radius 1 is 1.19 bits per heavy atom. The highest BCUT2D eigenvalue weighted by molar-refractivity contribution is 6.30. The molecule has 1 amide bonds. The fourth-order valence-corrected chi connectivity index (χ4v) is 3.89. The minimum atomic E-state index is -4.92. The van der Waals surface area contributed by atoms with Gasteiger partial charge in [-0.2, -0.15) is 13.2 Å². The van der Waals surface area contributed by atoms with Gasteiger partial charge in [-0.05, 0) is 43.7 Å². The summed E-state index contributed by atoms with van der Waals surface area (Å²) in [5.41, 5.74) is -1.88. The molecule has 0 spiro atoms. The standard InChI is InChI=1S/C22H23ClF3N3O3/c23-14-5-3-4-13(10-14)17-21(32-11-12-8-9-12)29-19(22(24,25)26)18(28-17)20(31)27-15-6-1-2-7-16(15)30/h3-5,10,12,15-16,30H,1-2,6-9,11H2,(H,27,31)/t15-,16-/m1/s1. The molecule has 1 heterocycles. The summed E-state index contributed by atoms with van der Waals surface area (Å²) in [4.78, 5) is 20.7. The van der Waals surface area contributed by atoms with E-state index >= 15 is 0 Å². The maximum Gasteiger partial charge on any atom is 0.435 e. The van der Waals surface area contributed by atoms with E-state index in [0.717, 1.165) is 25.7 Å². The number of hydrogen-bond donors (Lipinski definition) is 2. The summed E-state index contributed by atoms with van der Waals surface area (Å²) in [6.07, 6.45) is -1.34. The number of carbonyl (C=O) groups is 1. The third kappa shape index (κ3) is 5.32. The molecule has 0 aliphatic heterocycles. The van der Waals surface area contributed by atoms with Gasteiger partial charge in [0.05, 0.1) is 18.8 Å². The van der Waals surface area contributed by atoms with Crippen molar-refractivity contribution in [1.29, 1.82) is 0 Å². The molecule has 1 aromatic carbocycles. The van der Waals surface area contributed by atoms with Crippen LogP contribution in [0.25, 0.3) is 11.3 Å². The van der Waals surface area contributed by atoms with Gasteiger partial charge in [0.1, 0.15) is 5.69 Å². The molecule has 0 bridgehead atoms. The highest BCUT2D eigenvalue weighted by Crippen LogP contribution is 2.37. The smallest absolute Gasteiger partial charge is 0.435 e. The van der Waals surface area contributed by atoms with Crippen molar-refractivity contribution in [1.82, 2.24) is 15.3 Å². The van der Waals surface area contributed by atoms with Crippen LogP contribution in [0.3, 0.4) is 0 Å². The van der Waals surface area contributed by atoms with Gasteiger partial charge >= 0.3 is 6.18 Å². The maximum absolute atomic E-state index is 13.8. The van der Waals surface area contributed by atoms with Gasteiger partial charge < -0.3 is 15.2 Å². The Morgan fingerprint density at radius 3 is 2.59 bits per heavy atom. The third-order valence-electron chi connectivity index (χ3n) is 5.64.